The number of hydrogen-bond acceptors (Lipinski definition) is 6. The highest BCUT2D eigenvalue weighted by atomic mass is 31.2. The number of carbonyl (C=O) groups is 1. The van der Waals surface area contributed by atoms with Crippen LogP contribution in [0.1, 0.15) is 206 Å². The summed E-state index contributed by atoms with van der Waals surface area (Å²) in [6.45, 7) is 5.53. The molecule has 8 nitrogen and oxygen atoms in total. The average Bonchev–Trinajstić information content (AvgIpc) is 3.16. The first-order valence-electron chi connectivity index (χ1n) is 23.7. The molecule has 57 heavy (non-hydrogen) atoms. The van der Waals surface area contributed by atoms with Gasteiger partial charge >= 0.3 is 13.8 Å². The predicted octanol–water partition coefficient (Wildman–Crippen LogP) is 14.2. The number of esters is 1. The van der Waals surface area contributed by atoms with Gasteiger partial charge in [-0.2, -0.15) is 0 Å². The zero-order valence-electron chi connectivity index (χ0n) is 38.1. The van der Waals surface area contributed by atoms with Crippen molar-refractivity contribution < 1.29 is 37.3 Å². The number of rotatable bonds is 44. The van der Waals surface area contributed by atoms with Crippen LogP contribution in [0.5, 0.6) is 0 Å². The van der Waals surface area contributed by atoms with Gasteiger partial charge in [-0.15, -0.1) is 0 Å². The number of hydrogen-bond donors (Lipinski definition) is 1. The molecule has 2 atom stereocenters. The van der Waals surface area contributed by atoms with Crippen LogP contribution in [0.25, 0.3) is 0 Å². The average molecular weight is 827 g/mol. The van der Waals surface area contributed by atoms with Gasteiger partial charge < -0.3 is 18.9 Å². The first-order valence-corrected chi connectivity index (χ1v) is 25.2. The topological polar surface area (TPSA) is 91.3 Å². The van der Waals surface area contributed by atoms with Crippen molar-refractivity contribution in [3.8, 4) is 0 Å². The molecule has 336 valence electrons. The van der Waals surface area contributed by atoms with Crippen LogP contribution in [-0.2, 0) is 27.9 Å². The summed E-state index contributed by atoms with van der Waals surface area (Å²) in [5, 5.41) is 0. The molecule has 0 bridgehead atoms. The van der Waals surface area contributed by atoms with Crippen LogP contribution in [0.3, 0.4) is 0 Å². The molecule has 0 aliphatic carbocycles. The molecular formula is C48H93NO7P+. The Kier molecular flexibility index (Phi) is 40.5. The fraction of sp³-hybridized carbons (Fsp3) is 0.854. The van der Waals surface area contributed by atoms with Gasteiger partial charge in [-0.25, -0.2) is 4.57 Å². The monoisotopic (exact) mass is 827 g/mol. The van der Waals surface area contributed by atoms with Crippen LogP contribution in [0, 0.1) is 0 Å². The maximum Gasteiger partial charge on any atom is 0.472 e. The van der Waals surface area contributed by atoms with E-state index in [0.29, 0.717) is 24.1 Å². The van der Waals surface area contributed by atoms with Gasteiger partial charge in [0.25, 0.3) is 0 Å². The molecule has 0 aliphatic rings. The summed E-state index contributed by atoms with van der Waals surface area (Å²) in [7, 11) is 1.67. The van der Waals surface area contributed by atoms with Crippen molar-refractivity contribution in [3.05, 3.63) is 36.5 Å². The van der Waals surface area contributed by atoms with E-state index in [9.17, 15) is 14.3 Å². The molecule has 0 radical (unpaired) electrons. The van der Waals surface area contributed by atoms with E-state index < -0.39 is 13.9 Å². The van der Waals surface area contributed by atoms with Crippen molar-refractivity contribution >= 4 is 13.8 Å². The fourth-order valence-electron chi connectivity index (χ4n) is 6.57. The van der Waals surface area contributed by atoms with Crippen LogP contribution < -0.4 is 0 Å². The number of quaternary nitrogens is 1. The first-order chi connectivity index (χ1) is 27.6. The van der Waals surface area contributed by atoms with Crippen LogP contribution in [0.2, 0.25) is 0 Å². The van der Waals surface area contributed by atoms with E-state index in [1.165, 1.54) is 135 Å². The minimum absolute atomic E-state index is 0.0880. The number of likely N-dealkylation sites (N-methyl/N-ethyl adjacent to an activating group) is 1. The number of phosphoric ester groups is 1. The molecule has 1 N–H and O–H groups in total. The van der Waals surface area contributed by atoms with Gasteiger partial charge in [0.05, 0.1) is 34.4 Å². The normalized spacial score (nSPS) is 14.0. The zero-order valence-corrected chi connectivity index (χ0v) is 39.0. The Bertz CT molecular complexity index is 1010. The van der Waals surface area contributed by atoms with Crippen molar-refractivity contribution in [3.63, 3.8) is 0 Å². The highest BCUT2D eigenvalue weighted by molar-refractivity contribution is 7.47. The number of ether oxygens (including phenoxy) is 2. The third-order valence-electron chi connectivity index (χ3n) is 10.2. The van der Waals surface area contributed by atoms with Gasteiger partial charge in [0.1, 0.15) is 19.3 Å². The molecule has 0 spiro atoms. The summed E-state index contributed by atoms with van der Waals surface area (Å²) in [5.41, 5.74) is 0. The van der Waals surface area contributed by atoms with Gasteiger partial charge in [0.15, 0.2) is 0 Å². The smallest absolute Gasteiger partial charge is 0.457 e. The zero-order chi connectivity index (χ0) is 42.0. The molecule has 0 aromatic heterocycles. The Balaban J connectivity index is 4.18. The lowest BCUT2D eigenvalue weighted by atomic mass is 10.0. The Morgan fingerprint density at radius 3 is 1.53 bits per heavy atom. The molecule has 0 aromatic carbocycles. The molecule has 2 unspecified atom stereocenters. The Hall–Kier alpha value is -1.28. The quantitative estimate of drug-likeness (QED) is 0.0215. The molecule has 0 fully saturated rings. The van der Waals surface area contributed by atoms with E-state index in [2.05, 4.69) is 50.3 Å². The number of phosphoric acid groups is 1. The largest absolute Gasteiger partial charge is 0.472 e. The third-order valence-corrected chi connectivity index (χ3v) is 11.2. The summed E-state index contributed by atoms with van der Waals surface area (Å²) in [6, 6.07) is 0. The lowest BCUT2D eigenvalue weighted by molar-refractivity contribution is -0.870. The Labute approximate surface area is 353 Å². The summed E-state index contributed by atoms with van der Waals surface area (Å²) >= 11 is 0. The second-order valence-corrected chi connectivity index (χ2v) is 18.6. The summed E-state index contributed by atoms with van der Waals surface area (Å²) in [5.74, 6) is -0.314. The van der Waals surface area contributed by atoms with Crippen LogP contribution in [0.4, 0.5) is 0 Å². The molecular weight excluding hydrogens is 734 g/mol. The predicted molar refractivity (Wildman–Crippen MR) is 243 cm³/mol. The molecule has 0 amide bonds. The molecule has 0 saturated carbocycles. The third kappa shape index (κ3) is 45.7. The molecule has 0 heterocycles. The standard InChI is InChI=1S/C48H92NO7P/c1-6-8-10-12-14-16-18-20-22-24-26-28-30-32-34-36-38-40-43-53-45-47(46-55-57(51,52)54-44-42-49(3,4)5)56-48(50)41-39-37-35-33-31-29-27-25-23-21-19-17-15-13-11-9-7-2/h8,10,14,16,20,22,47H,6-7,9,11-13,15,17-19,21,23-46H2,1-5H3/p+1/b10-8-,16-14-,22-20-. The minimum atomic E-state index is -4.28. The van der Waals surface area contributed by atoms with E-state index in [0.717, 1.165) is 51.4 Å². The van der Waals surface area contributed by atoms with Gasteiger partial charge in [-0.05, 0) is 44.9 Å². The minimum Gasteiger partial charge on any atom is -0.457 e. The molecule has 9 heteroatoms. The molecule has 0 rings (SSSR count). The first kappa shape index (κ1) is 55.7. The van der Waals surface area contributed by atoms with Crippen molar-refractivity contribution in [2.75, 3.05) is 54.1 Å². The number of allylic oxidation sites excluding steroid dienone is 6. The maximum absolute atomic E-state index is 12.7. The van der Waals surface area contributed by atoms with E-state index in [1.807, 2.05) is 21.1 Å². The van der Waals surface area contributed by atoms with Gasteiger partial charge in [0.2, 0.25) is 0 Å². The lowest BCUT2D eigenvalue weighted by Crippen LogP contribution is -2.37. The van der Waals surface area contributed by atoms with E-state index >= 15 is 0 Å². The Morgan fingerprint density at radius 1 is 0.561 bits per heavy atom. The lowest BCUT2D eigenvalue weighted by Gasteiger charge is -2.24. The SMILES string of the molecule is CC/C=C\C/C=C\C/C=C\CCCCCCCCCCOCC(COP(=O)(O)OCC[N+](C)(C)C)OC(=O)CCCCCCCCCCCCCCCCCCC. The molecule has 0 aliphatic heterocycles. The Morgan fingerprint density at radius 2 is 1.02 bits per heavy atom. The number of carbonyl (C=O) groups excluding carboxylic acids is 1. The fourth-order valence-corrected chi connectivity index (χ4v) is 7.31. The molecule has 0 saturated heterocycles. The van der Waals surface area contributed by atoms with Gasteiger partial charge in [-0.1, -0.05) is 192 Å². The van der Waals surface area contributed by atoms with E-state index in [1.54, 1.807) is 0 Å². The summed E-state index contributed by atoms with van der Waals surface area (Å²) in [6.07, 6.45) is 48.9. The summed E-state index contributed by atoms with van der Waals surface area (Å²) in [4.78, 5) is 22.9. The summed E-state index contributed by atoms with van der Waals surface area (Å²) < 4.78 is 35.1. The maximum atomic E-state index is 12.7. The van der Waals surface area contributed by atoms with Crippen LogP contribution >= 0.6 is 7.82 Å². The van der Waals surface area contributed by atoms with Crippen molar-refractivity contribution in [2.24, 2.45) is 0 Å². The molecule has 0 aromatic rings. The highest BCUT2D eigenvalue weighted by Gasteiger charge is 2.26. The van der Waals surface area contributed by atoms with Crippen molar-refractivity contribution in [1.82, 2.24) is 0 Å². The second kappa shape index (κ2) is 41.5. The van der Waals surface area contributed by atoms with Crippen molar-refractivity contribution in [1.29, 1.82) is 0 Å². The van der Waals surface area contributed by atoms with Gasteiger partial charge in [0, 0.05) is 13.0 Å². The van der Waals surface area contributed by atoms with E-state index in [4.69, 9.17) is 18.5 Å². The van der Waals surface area contributed by atoms with Crippen LogP contribution in [-0.4, -0.2) is 75.6 Å². The second-order valence-electron chi connectivity index (χ2n) is 17.1. The highest BCUT2D eigenvalue weighted by Crippen LogP contribution is 2.43. The van der Waals surface area contributed by atoms with Crippen molar-refractivity contribution in [2.45, 2.75) is 213 Å². The van der Waals surface area contributed by atoms with Crippen LogP contribution in [0.15, 0.2) is 36.5 Å². The van der Waals surface area contributed by atoms with Gasteiger partial charge in [-0.3, -0.25) is 13.8 Å². The van der Waals surface area contributed by atoms with E-state index in [-0.39, 0.29) is 25.8 Å². The number of nitrogens with zero attached hydrogens (tertiary/aromatic N) is 1. The number of unbranched alkanes of at least 4 members (excludes halogenated alkanes) is 24.